The summed E-state index contributed by atoms with van der Waals surface area (Å²) in [5.41, 5.74) is 10.0. The Morgan fingerprint density at radius 3 is 1.05 bits per heavy atom. The van der Waals surface area contributed by atoms with Crippen molar-refractivity contribution in [3.05, 3.63) is 170 Å². The zero-order valence-electron chi connectivity index (χ0n) is 29.6. The molecule has 0 fully saturated rings. The summed E-state index contributed by atoms with van der Waals surface area (Å²) in [7, 11) is 0. The summed E-state index contributed by atoms with van der Waals surface area (Å²) in [4.78, 5) is 14.5. The van der Waals surface area contributed by atoms with Crippen molar-refractivity contribution in [2.75, 3.05) is 9.80 Å². The molecule has 264 valence electrons. The summed E-state index contributed by atoms with van der Waals surface area (Å²) >= 11 is 0. The molecular formula is C48H28N4O4. The number of aromatic nitrogens is 2. The van der Waals surface area contributed by atoms with Crippen molar-refractivity contribution in [2.24, 2.45) is 0 Å². The van der Waals surface area contributed by atoms with Crippen molar-refractivity contribution in [1.29, 1.82) is 0 Å². The smallest absolute Gasteiger partial charge is 0.227 e. The molecule has 8 heteroatoms. The Morgan fingerprint density at radius 1 is 0.339 bits per heavy atom. The first-order valence-corrected chi connectivity index (χ1v) is 18.4. The maximum absolute atomic E-state index is 6.50. The first-order chi connectivity index (χ1) is 27.7. The Labute approximate surface area is 320 Å². The fourth-order valence-corrected chi connectivity index (χ4v) is 7.96. The monoisotopic (exact) mass is 724 g/mol. The predicted octanol–water partition coefficient (Wildman–Crippen LogP) is 13.6. The van der Waals surface area contributed by atoms with Crippen LogP contribution in [0, 0.1) is 0 Å². The van der Waals surface area contributed by atoms with Crippen LogP contribution < -0.4 is 19.3 Å². The number of rotatable bonds is 4. The molecule has 2 aromatic heterocycles. The van der Waals surface area contributed by atoms with Crippen molar-refractivity contribution in [1.82, 2.24) is 9.97 Å². The normalized spacial score (nSPS) is 12.9. The Hall–Kier alpha value is -7.84. The number of fused-ring (bicyclic) bond motifs is 7. The van der Waals surface area contributed by atoms with Crippen molar-refractivity contribution in [2.45, 2.75) is 0 Å². The zero-order valence-corrected chi connectivity index (χ0v) is 29.6. The molecule has 0 atom stereocenters. The molecule has 0 spiro atoms. The maximum atomic E-state index is 6.50. The summed E-state index contributed by atoms with van der Waals surface area (Å²) in [6, 6.07) is 56.8. The van der Waals surface area contributed by atoms with E-state index in [1.165, 1.54) is 0 Å². The van der Waals surface area contributed by atoms with Crippen LogP contribution in [0.15, 0.2) is 179 Å². The summed E-state index contributed by atoms with van der Waals surface area (Å²) in [6.45, 7) is 0. The van der Waals surface area contributed by atoms with Gasteiger partial charge in [-0.2, -0.15) is 0 Å². The van der Waals surface area contributed by atoms with Gasteiger partial charge in [-0.05, 0) is 97.1 Å². The summed E-state index contributed by atoms with van der Waals surface area (Å²) < 4.78 is 26.0. The number of hydrogen-bond acceptors (Lipinski definition) is 8. The SMILES string of the molecule is c1ccc2c(c1)Oc1ccccc1N2c1cc(-c2nc3ccccc3o2)cc2c(N3c4ccccc4Oc4ccccc43)cc(-c3nc4ccccc4o3)cc12. The average Bonchev–Trinajstić information content (AvgIpc) is 3.89. The van der Waals surface area contributed by atoms with E-state index in [-0.39, 0.29) is 0 Å². The molecule has 0 amide bonds. The van der Waals surface area contributed by atoms with Gasteiger partial charge in [-0.3, -0.25) is 0 Å². The molecule has 0 saturated carbocycles. The van der Waals surface area contributed by atoms with E-state index < -0.39 is 0 Å². The second-order valence-electron chi connectivity index (χ2n) is 13.8. The van der Waals surface area contributed by atoms with Gasteiger partial charge in [0.25, 0.3) is 0 Å². The lowest BCUT2D eigenvalue weighted by Gasteiger charge is -2.35. The molecular weight excluding hydrogens is 697 g/mol. The molecule has 56 heavy (non-hydrogen) atoms. The molecule has 0 saturated heterocycles. The minimum Gasteiger partial charge on any atom is -0.453 e. The van der Waals surface area contributed by atoms with E-state index in [0.717, 1.165) is 90.1 Å². The van der Waals surface area contributed by atoms with Crippen LogP contribution in [0.25, 0.3) is 55.9 Å². The number of ether oxygens (including phenoxy) is 2. The molecule has 4 heterocycles. The van der Waals surface area contributed by atoms with E-state index in [0.29, 0.717) is 22.9 Å². The minimum atomic E-state index is 0.515. The topological polar surface area (TPSA) is 77.0 Å². The molecule has 12 rings (SSSR count). The fourth-order valence-electron chi connectivity index (χ4n) is 7.96. The van der Waals surface area contributed by atoms with Gasteiger partial charge in [-0.15, -0.1) is 0 Å². The predicted molar refractivity (Wildman–Crippen MR) is 219 cm³/mol. The van der Waals surface area contributed by atoms with Crippen molar-refractivity contribution >= 4 is 67.1 Å². The standard InChI is InChI=1S/C48H28N4O4/c1-7-19-41-33(13-1)49-47(55-41)29-25-31-32(39(27-29)51-35-15-3-9-21-43(35)53-44-22-10-4-16-36(44)51)26-30(48-50-34-14-2-8-20-42(34)56-48)28-40(31)52-37-17-5-11-23-45(37)54-46-24-12-6-18-38(46)52/h1-28H. The van der Waals surface area contributed by atoms with Crippen LogP contribution in [0.1, 0.15) is 0 Å². The molecule has 2 aliphatic rings. The summed E-state index contributed by atoms with van der Waals surface area (Å²) in [6.07, 6.45) is 0. The van der Waals surface area contributed by atoms with Crippen molar-refractivity contribution < 1.29 is 18.3 Å². The second-order valence-corrected chi connectivity index (χ2v) is 13.8. The van der Waals surface area contributed by atoms with Crippen LogP contribution in [0.5, 0.6) is 23.0 Å². The molecule has 8 aromatic carbocycles. The molecule has 8 nitrogen and oxygen atoms in total. The Bertz CT molecular complexity index is 2830. The number of benzene rings is 8. The molecule has 0 radical (unpaired) electrons. The molecule has 0 unspecified atom stereocenters. The highest BCUT2D eigenvalue weighted by Crippen LogP contribution is 2.56. The van der Waals surface area contributed by atoms with Gasteiger partial charge in [0.15, 0.2) is 34.2 Å². The summed E-state index contributed by atoms with van der Waals surface area (Å²) in [5.74, 6) is 4.02. The number of hydrogen-bond donors (Lipinski definition) is 0. The van der Waals surface area contributed by atoms with E-state index in [2.05, 4.69) is 58.3 Å². The van der Waals surface area contributed by atoms with Gasteiger partial charge in [0.2, 0.25) is 11.8 Å². The highest BCUT2D eigenvalue weighted by molar-refractivity contribution is 6.12. The van der Waals surface area contributed by atoms with Crippen molar-refractivity contribution in [3.63, 3.8) is 0 Å². The van der Waals surface area contributed by atoms with Crippen LogP contribution in [0.4, 0.5) is 34.1 Å². The zero-order chi connectivity index (χ0) is 36.7. The molecule has 0 bridgehead atoms. The third kappa shape index (κ3) is 4.66. The maximum Gasteiger partial charge on any atom is 0.227 e. The Morgan fingerprint density at radius 2 is 0.679 bits per heavy atom. The first kappa shape index (κ1) is 30.6. The van der Waals surface area contributed by atoms with Gasteiger partial charge in [-0.1, -0.05) is 72.8 Å². The van der Waals surface area contributed by atoms with Crippen LogP contribution in [-0.2, 0) is 0 Å². The van der Waals surface area contributed by atoms with E-state index in [1.54, 1.807) is 0 Å². The summed E-state index contributed by atoms with van der Waals surface area (Å²) in [5, 5.41) is 1.90. The van der Waals surface area contributed by atoms with Gasteiger partial charge in [0.1, 0.15) is 11.0 Å². The van der Waals surface area contributed by atoms with Crippen LogP contribution in [0.2, 0.25) is 0 Å². The van der Waals surface area contributed by atoms with Gasteiger partial charge < -0.3 is 28.1 Å². The number of nitrogens with zero attached hydrogens (tertiary/aromatic N) is 4. The number of para-hydroxylation sites is 12. The van der Waals surface area contributed by atoms with Crippen LogP contribution >= 0.6 is 0 Å². The highest BCUT2D eigenvalue weighted by Gasteiger charge is 2.32. The molecule has 10 aromatic rings. The lowest BCUT2D eigenvalue weighted by atomic mass is 9.96. The third-order valence-corrected chi connectivity index (χ3v) is 10.5. The average molecular weight is 725 g/mol. The Kier molecular flexibility index (Phi) is 6.47. The minimum absolute atomic E-state index is 0.515. The quantitative estimate of drug-likeness (QED) is 0.178. The fraction of sp³-hybridized carbons (Fsp3) is 0. The van der Waals surface area contributed by atoms with Crippen molar-refractivity contribution in [3.8, 4) is 45.9 Å². The first-order valence-electron chi connectivity index (χ1n) is 18.4. The molecule has 0 aliphatic carbocycles. The number of anilines is 6. The second kappa shape index (κ2) is 11.8. The van der Waals surface area contributed by atoms with Gasteiger partial charge >= 0.3 is 0 Å². The third-order valence-electron chi connectivity index (χ3n) is 10.5. The van der Waals surface area contributed by atoms with Gasteiger partial charge in [0.05, 0.1) is 34.1 Å². The van der Waals surface area contributed by atoms with E-state index >= 15 is 0 Å². The lowest BCUT2D eigenvalue weighted by Crippen LogP contribution is -2.18. The van der Waals surface area contributed by atoms with Crippen LogP contribution in [0.3, 0.4) is 0 Å². The molecule has 0 N–H and O–H groups in total. The number of oxazole rings is 2. The largest absolute Gasteiger partial charge is 0.453 e. The Balaban J connectivity index is 1.23. The highest BCUT2D eigenvalue weighted by atomic mass is 16.5. The van der Waals surface area contributed by atoms with E-state index in [9.17, 15) is 0 Å². The van der Waals surface area contributed by atoms with Crippen LogP contribution in [-0.4, -0.2) is 9.97 Å². The van der Waals surface area contributed by atoms with Gasteiger partial charge in [-0.25, -0.2) is 9.97 Å². The molecule has 2 aliphatic heterocycles. The van der Waals surface area contributed by atoms with E-state index in [1.807, 2.05) is 121 Å². The van der Waals surface area contributed by atoms with E-state index in [4.69, 9.17) is 28.3 Å². The lowest BCUT2D eigenvalue weighted by molar-refractivity contribution is 0.477. The van der Waals surface area contributed by atoms with Gasteiger partial charge in [0, 0.05) is 21.9 Å².